The molecule has 1 nitrogen and oxygen atoms in total. The first-order valence-corrected chi connectivity index (χ1v) is 7.32. The lowest BCUT2D eigenvalue weighted by molar-refractivity contribution is -0.00225. The first-order valence-electron chi connectivity index (χ1n) is 7.32. The molecule has 0 amide bonds. The van der Waals surface area contributed by atoms with Gasteiger partial charge < -0.3 is 5.11 Å². The van der Waals surface area contributed by atoms with Crippen molar-refractivity contribution in [3.05, 3.63) is 35.4 Å². The molecule has 0 aromatic heterocycles. The second-order valence-electron chi connectivity index (χ2n) is 6.38. The van der Waals surface area contributed by atoms with Crippen molar-refractivity contribution in [3.63, 3.8) is 0 Å². The van der Waals surface area contributed by atoms with E-state index in [4.69, 9.17) is 0 Å². The van der Waals surface area contributed by atoms with Gasteiger partial charge >= 0.3 is 0 Å². The Kier molecular flexibility index (Phi) is 3.82. The Balaban J connectivity index is 2.44. The SMILES string of the molecule is CCC(C)(C)c1ccccc1C1(O)CCCCC1. The van der Waals surface area contributed by atoms with Gasteiger partial charge in [0.25, 0.3) is 0 Å². The molecule has 1 aliphatic rings. The number of aliphatic hydroxyl groups is 1. The number of benzene rings is 1. The van der Waals surface area contributed by atoms with Crippen LogP contribution in [0.5, 0.6) is 0 Å². The predicted octanol–water partition coefficient (Wildman–Crippen LogP) is 4.53. The van der Waals surface area contributed by atoms with E-state index in [1.807, 2.05) is 0 Å². The molecule has 1 aliphatic carbocycles. The van der Waals surface area contributed by atoms with Crippen molar-refractivity contribution >= 4 is 0 Å². The van der Waals surface area contributed by atoms with Gasteiger partial charge in [0.2, 0.25) is 0 Å². The lowest BCUT2D eigenvalue weighted by atomic mass is 9.71. The molecule has 0 unspecified atom stereocenters. The van der Waals surface area contributed by atoms with Crippen LogP contribution in [0.3, 0.4) is 0 Å². The van der Waals surface area contributed by atoms with E-state index in [-0.39, 0.29) is 5.41 Å². The summed E-state index contributed by atoms with van der Waals surface area (Å²) in [5.74, 6) is 0. The fraction of sp³-hybridized carbons (Fsp3) is 0.647. The Hall–Kier alpha value is -0.820. The van der Waals surface area contributed by atoms with Crippen molar-refractivity contribution in [1.29, 1.82) is 0 Å². The molecular weight excluding hydrogens is 220 g/mol. The maximum absolute atomic E-state index is 11.0. The van der Waals surface area contributed by atoms with Gasteiger partial charge in [-0.2, -0.15) is 0 Å². The highest BCUT2D eigenvalue weighted by Crippen LogP contribution is 2.42. The molecule has 1 fully saturated rings. The summed E-state index contributed by atoms with van der Waals surface area (Å²) < 4.78 is 0. The summed E-state index contributed by atoms with van der Waals surface area (Å²) >= 11 is 0. The lowest BCUT2D eigenvalue weighted by Gasteiger charge is -2.37. The fourth-order valence-corrected chi connectivity index (χ4v) is 3.08. The van der Waals surface area contributed by atoms with E-state index in [1.165, 1.54) is 17.5 Å². The summed E-state index contributed by atoms with van der Waals surface area (Å²) in [5, 5.41) is 11.0. The van der Waals surface area contributed by atoms with Crippen molar-refractivity contribution in [2.45, 2.75) is 70.3 Å². The van der Waals surface area contributed by atoms with Gasteiger partial charge in [-0.1, -0.05) is 64.3 Å². The zero-order valence-electron chi connectivity index (χ0n) is 12.0. The molecule has 0 bridgehead atoms. The number of hydrogen-bond donors (Lipinski definition) is 1. The molecule has 0 saturated heterocycles. The van der Waals surface area contributed by atoms with Gasteiger partial charge in [0.1, 0.15) is 0 Å². The van der Waals surface area contributed by atoms with Crippen molar-refractivity contribution in [1.82, 2.24) is 0 Å². The molecule has 0 atom stereocenters. The second kappa shape index (κ2) is 5.05. The molecule has 0 heterocycles. The number of hydrogen-bond acceptors (Lipinski definition) is 1. The lowest BCUT2D eigenvalue weighted by Crippen LogP contribution is -2.32. The Labute approximate surface area is 111 Å². The average Bonchev–Trinajstić information content (AvgIpc) is 2.40. The van der Waals surface area contributed by atoms with Crippen LogP contribution in [0.1, 0.15) is 70.4 Å². The van der Waals surface area contributed by atoms with Gasteiger partial charge in [0, 0.05) is 0 Å². The quantitative estimate of drug-likeness (QED) is 0.831. The van der Waals surface area contributed by atoms with Gasteiger partial charge in [0.05, 0.1) is 5.60 Å². The zero-order valence-corrected chi connectivity index (χ0v) is 12.0. The minimum atomic E-state index is -0.582. The molecule has 1 aromatic rings. The van der Waals surface area contributed by atoms with Gasteiger partial charge in [-0.3, -0.25) is 0 Å². The minimum absolute atomic E-state index is 0.143. The maximum atomic E-state index is 11.0. The molecule has 0 aliphatic heterocycles. The van der Waals surface area contributed by atoms with Gasteiger partial charge in [-0.15, -0.1) is 0 Å². The van der Waals surface area contributed by atoms with E-state index in [0.29, 0.717) is 0 Å². The fourth-order valence-electron chi connectivity index (χ4n) is 3.08. The summed E-state index contributed by atoms with van der Waals surface area (Å²) in [6.45, 7) is 6.78. The average molecular weight is 246 g/mol. The van der Waals surface area contributed by atoms with Crippen LogP contribution in [0.15, 0.2) is 24.3 Å². The monoisotopic (exact) mass is 246 g/mol. The molecule has 1 aromatic carbocycles. The highest BCUT2D eigenvalue weighted by molar-refractivity contribution is 5.37. The van der Waals surface area contributed by atoms with Gasteiger partial charge in [0.15, 0.2) is 0 Å². The smallest absolute Gasteiger partial charge is 0.0899 e. The second-order valence-corrected chi connectivity index (χ2v) is 6.38. The van der Waals surface area contributed by atoms with Crippen LogP contribution in [0.2, 0.25) is 0 Å². The van der Waals surface area contributed by atoms with Crippen molar-refractivity contribution < 1.29 is 5.11 Å². The maximum Gasteiger partial charge on any atom is 0.0899 e. The van der Waals surface area contributed by atoms with Crippen molar-refractivity contribution in [2.75, 3.05) is 0 Å². The molecule has 1 saturated carbocycles. The third-order valence-electron chi connectivity index (χ3n) is 4.72. The third kappa shape index (κ3) is 2.47. The van der Waals surface area contributed by atoms with E-state index in [0.717, 1.165) is 32.1 Å². The molecule has 18 heavy (non-hydrogen) atoms. The van der Waals surface area contributed by atoms with Crippen LogP contribution in [-0.4, -0.2) is 5.11 Å². The molecular formula is C17H26O. The Bertz CT molecular complexity index is 400. The predicted molar refractivity (Wildman–Crippen MR) is 76.7 cm³/mol. The largest absolute Gasteiger partial charge is 0.385 e. The van der Waals surface area contributed by atoms with E-state index in [1.54, 1.807) is 0 Å². The normalized spacial score (nSPS) is 19.8. The Morgan fingerprint density at radius 3 is 2.33 bits per heavy atom. The summed E-state index contributed by atoms with van der Waals surface area (Å²) in [4.78, 5) is 0. The zero-order chi connectivity index (χ0) is 13.2. The number of rotatable bonds is 3. The molecule has 1 heteroatoms. The highest BCUT2D eigenvalue weighted by Gasteiger charge is 2.35. The summed E-state index contributed by atoms with van der Waals surface area (Å²) in [5.41, 5.74) is 2.07. The van der Waals surface area contributed by atoms with Crippen LogP contribution in [0.4, 0.5) is 0 Å². The molecule has 1 N–H and O–H groups in total. The molecule has 0 spiro atoms. The first kappa shape index (κ1) is 13.6. The van der Waals surface area contributed by atoms with E-state index in [2.05, 4.69) is 45.0 Å². The van der Waals surface area contributed by atoms with Crippen molar-refractivity contribution in [3.8, 4) is 0 Å². The molecule has 2 rings (SSSR count). The van der Waals surface area contributed by atoms with Crippen LogP contribution in [0, 0.1) is 0 Å². The standard InChI is InChI=1S/C17H26O/c1-4-16(2,3)14-10-6-7-11-15(14)17(18)12-8-5-9-13-17/h6-7,10-11,18H,4-5,8-9,12-13H2,1-3H3. The van der Waals surface area contributed by atoms with Crippen LogP contribution >= 0.6 is 0 Å². The van der Waals surface area contributed by atoms with Gasteiger partial charge in [-0.05, 0) is 35.8 Å². The van der Waals surface area contributed by atoms with Crippen LogP contribution in [-0.2, 0) is 11.0 Å². The first-order chi connectivity index (χ1) is 8.49. The summed E-state index contributed by atoms with van der Waals surface area (Å²) in [7, 11) is 0. The van der Waals surface area contributed by atoms with E-state index < -0.39 is 5.60 Å². The van der Waals surface area contributed by atoms with Gasteiger partial charge in [-0.25, -0.2) is 0 Å². The van der Waals surface area contributed by atoms with E-state index >= 15 is 0 Å². The summed E-state index contributed by atoms with van der Waals surface area (Å²) in [6.07, 6.45) is 6.50. The van der Waals surface area contributed by atoms with E-state index in [9.17, 15) is 5.11 Å². The topological polar surface area (TPSA) is 20.2 Å². The van der Waals surface area contributed by atoms with Crippen LogP contribution < -0.4 is 0 Å². The summed E-state index contributed by atoms with van der Waals surface area (Å²) in [6, 6.07) is 8.50. The molecule has 100 valence electrons. The highest BCUT2D eigenvalue weighted by atomic mass is 16.3. The third-order valence-corrected chi connectivity index (χ3v) is 4.72. The molecule has 0 radical (unpaired) electrons. The van der Waals surface area contributed by atoms with Crippen molar-refractivity contribution in [2.24, 2.45) is 0 Å². The minimum Gasteiger partial charge on any atom is -0.385 e. The van der Waals surface area contributed by atoms with Crippen LogP contribution in [0.25, 0.3) is 0 Å². The Morgan fingerprint density at radius 2 is 1.72 bits per heavy atom. The Morgan fingerprint density at radius 1 is 1.11 bits per heavy atom.